The van der Waals surface area contributed by atoms with E-state index in [1.54, 1.807) is 36.3 Å². The second kappa shape index (κ2) is 6.20. The number of carbonyl (C=O) groups is 2. The molecule has 0 aromatic heterocycles. The fraction of sp³-hybridized carbons (Fsp3) is 0.158. The Balaban J connectivity index is 2.07. The van der Waals surface area contributed by atoms with Gasteiger partial charge in [-0.3, -0.25) is 9.69 Å². The van der Waals surface area contributed by atoms with Gasteiger partial charge in [-0.1, -0.05) is 30.3 Å². The number of hydrogen-bond donors (Lipinski definition) is 1. The lowest BCUT2D eigenvalue weighted by atomic mass is 9.84. The summed E-state index contributed by atoms with van der Waals surface area (Å²) in [4.78, 5) is 25.6. The van der Waals surface area contributed by atoms with Gasteiger partial charge in [0.1, 0.15) is 5.75 Å². The van der Waals surface area contributed by atoms with E-state index in [4.69, 9.17) is 4.74 Å². The normalized spacial score (nSPS) is 18.8. The molecule has 0 saturated carbocycles. The Hall–Kier alpha value is -3.08. The first-order valence-electron chi connectivity index (χ1n) is 7.51. The zero-order chi connectivity index (χ0) is 17.3. The number of methoxy groups -OCH3 is 1. The molecule has 0 spiro atoms. The largest absolute Gasteiger partial charge is 0.497 e. The Kier molecular flexibility index (Phi) is 4.08. The number of benzene rings is 2. The Labute approximate surface area is 139 Å². The highest BCUT2D eigenvalue weighted by Crippen LogP contribution is 2.44. The van der Waals surface area contributed by atoms with Crippen LogP contribution in [0.15, 0.2) is 65.7 Å². The van der Waals surface area contributed by atoms with E-state index < -0.39 is 12.0 Å². The molecule has 5 heteroatoms. The molecule has 1 aliphatic rings. The number of carboxylic acids is 1. The molecule has 1 saturated heterocycles. The molecule has 1 unspecified atom stereocenters. The molecule has 122 valence electrons. The van der Waals surface area contributed by atoms with E-state index in [1.165, 1.54) is 6.92 Å². The van der Waals surface area contributed by atoms with Crippen molar-refractivity contribution in [3.63, 3.8) is 0 Å². The third-order valence-electron chi connectivity index (χ3n) is 4.17. The van der Waals surface area contributed by atoms with Crippen molar-refractivity contribution in [2.24, 2.45) is 0 Å². The lowest BCUT2D eigenvalue weighted by molar-refractivity contribution is -0.133. The van der Waals surface area contributed by atoms with Gasteiger partial charge in [-0.05, 0) is 36.8 Å². The molecule has 1 amide bonds. The highest BCUT2D eigenvalue weighted by molar-refractivity contribution is 6.18. The van der Waals surface area contributed by atoms with Gasteiger partial charge in [-0.25, -0.2) is 4.79 Å². The van der Waals surface area contributed by atoms with Crippen molar-refractivity contribution in [3.05, 3.63) is 71.3 Å². The maximum atomic E-state index is 12.6. The van der Waals surface area contributed by atoms with E-state index in [-0.39, 0.29) is 11.5 Å². The minimum atomic E-state index is -1.08. The van der Waals surface area contributed by atoms with Gasteiger partial charge in [0, 0.05) is 11.3 Å². The van der Waals surface area contributed by atoms with Gasteiger partial charge in [-0.15, -0.1) is 0 Å². The number of β-lactam (4-membered cyclic amide) rings is 1. The summed E-state index contributed by atoms with van der Waals surface area (Å²) in [5.74, 6) is -0.664. The zero-order valence-corrected chi connectivity index (χ0v) is 13.4. The number of rotatable bonds is 4. The van der Waals surface area contributed by atoms with Crippen LogP contribution in [-0.2, 0) is 9.59 Å². The van der Waals surface area contributed by atoms with Crippen molar-refractivity contribution >= 4 is 17.6 Å². The van der Waals surface area contributed by atoms with Crippen molar-refractivity contribution in [2.45, 2.75) is 13.0 Å². The molecular weight excluding hydrogens is 306 g/mol. The molecule has 2 aromatic carbocycles. The summed E-state index contributed by atoms with van der Waals surface area (Å²) in [6, 6.07) is 16.1. The fourth-order valence-corrected chi connectivity index (χ4v) is 2.87. The Morgan fingerprint density at radius 2 is 1.71 bits per heavy atom. The first-order valence-corrected chi connectivity index (χ1v) is 7.51. The summed E-state index contributed by atoms with van der Waals surface area (Å²) in [7, 11) is 1.58. The molecule has 1 atom stereocenters. The third-order valence-corrected chi connectivity index (χ3v) is 4.17. The average molecular weight is 323 g/mol. The first-order chi connectivity index (χ1) is 11.5. The Morgan fingerprint density at radius 3 is 2.25 bits per heavy atom. The van der Waals surface area contributed by atoms with Gasteiger partial charge in [-0.2, -0.15) is 0 Å². The molecule has 5 nitrogen and oxygen atoms in total. The molecule has 1 aliphatic heterocycles. The summed E-state index contributed by atoms with van der Waals surface area (Å²) >= 11 is 0. The molecular formula is C19H17NO4. The second-order valence-electron chi connectivity index (χ2n) is 5.53. The van der Waals surface area contributed by atoms with Crippen LogP contribution in [0.1, 0.15) is 18.5 Å². The van der Waals surface area contributed by atoms with Gasteiger partial charge in [0.25, 0.3) is 5.91 Å². The molecule has 1 heterocycles. The van der Waals surface area contributed by atoms with Gasteiger partial charge >= 0.3 is 5.97 Å². The standard InChI is InChI=1S/C19H17NO4/c1-12(19(22)23)16-17(13-6-4-3-5-7-13)20(18(16)21)14-8-10-15(24-2)11-9-14/h3-11,17H,1-2H3,(H,22,23)/b16-12-. The van der Waals surface area contributed by atoms with Crippen molar-refractivity contribution in [1.29, 1.82) is 0 Å². The molecule has 1 fully saturated rings. The molecule has 0 bridgehead atoms. The minimum absolute atomic E-state index is 0.0821. The molecule has 0 radical (unpaired) electrons. The number of ether oxygens (including phenoxy) is 1. The average Bonchev–Trinajstić information content (AvgIpc) is 2.60. The van der Waals surface area contributed by atoms with E-state index in [0.29, 0.717) is 17.0 Å². The molecule has 2 aromatic rings. The van der Waals surface area contributed by atoms with Crippen molar-refractivity contribution in [3.8, 4) is 5.75 Å². The van der Waals surface area contributed by atoms with E-state index in [1.807, 2.05) is 30.3 Å². The summed E-state index contributed by atoms with van der Waals surface area (Å²) in [5.41, 5.74) is 1.99. The lowest BCUT2D eigenvalue weighted by Gasteiger charge is -2.43. The van der Waals surface area contributed by atoms with Gasteiger partial charge in [0.15, 0.2) is 0 Å². The van der Waals surface area contributed by atoms with E-state index >= 15 is 0 Å². The van der Waals surface area contributed by atoms with Gasteiger partial charge in [0.05, 0.1) is 18.7 Å². The van der Waals surface area contributed by atoms with Gasteiger partial charge < -0.3 is 9.84 Å². The number of carbonyl (C=O) groups excluding carboxylic acids is 1. The number of carboxylic acid groups (broad SMARTS) is 1. The van der Waals surface area contributed by atoms with E-state index in [2.05, 4.69) is 0 Å². The van der Waals surface area contributed by atoms with Crippen molar-refractivity contribution in [2.75, 3.05) is 12.0 Å². The maximum Gasteiger partial charge on any atom is 0.331 e. The summed E-state index contributed by atoms with van der Waals surface area (Å²) in [6.45, 7) is 1.47. The maximum absolute atomic E-state index is 12.6. The number of amides is 1. The van der Waals surface area contributed by atoms with Crippen molar-refractivity contribution < 1.29 is 19.4 Å². The molecule has 1 N–H and O–H groups in total. The SMILES string of the molecule is COc1ccc(N2C(=O)/C(=C(/C)C(=O)O)C2c2ccccc2)cc1. The second-order valence-corrected chi connectivity index (χ2v) is 5.53. The summed E-state index contributed by atoms with van der Waals surface area (Å²) in [6.07, 6.45) is 0. The third kappa shape index (κ3) is 2.54. The monoisotopic (exact) mass is 323 g/mol. The molecule has 3 rings (SSSR count). The van der Waals surface area contributed by atoms with Crippen molar-refractivity contribution in [1.82, 2.24) is 0 Å². The van der Waals surface area contributed by atoms with E-state index in [0.717, 1.165) is 5.56 Å². The van der Waals surface area contributed by atoms with Crippen LogP contribution in [0.5, 0.6) is 5.75 Å². The van der Waals surface area contributed by atoms with Crippen LogP contribution in [-0.4, -0.2) is 24.1 Å². The molecule has 0 aliphatic carbocycles. The quantitative estimate of drug-likeness (QED) is 0.693. The molecule has 24 heavy (non-hydrogen) atoms. The summed E-state index contributed by atoms with van der Waals surface area (Å²) in [5, 5.41) is 9.28. The number of nitrogens with zero attached hydrogens (tertiary/aromatic N) is 1. The number of anilines is 1. The van der Waals surface area contributed by atoms with Gasteiger partial charge in [0.2, 0.25) is 0 Å². The number of aliphatic carboxylic acids is 1. The predicted octanol–water partition coefficient (Wildman–Crippen LogP) is 3.18. The zero-order valence-electron chi connectivity index (χ0n) is 13.4. The van der Waals surface area contributed by atoms with Crippen LogP contribution in [0, 0.1) is 0 Å². The van der Waals surface area contributed by atoms with Crippen LogP contribution in [0.4, 0.5) is 5.69 Å². The van der Waals surface area contributed by atoms with E-state index in [9.17, 15) is 14.7 Å². The Morgan fingerprint density at radius 1 is 1.08 bits per heavy atom. The lowest BCUT2D eigenvalue weighted by Crippen LogP contribution is -2.50. The van der Waals surface area contributed by atoms with Crippen LogP contribution in [0.25, 0.3) is 0 Å². The first kappa shape index (κ1) is 15.8. The smallest absolute Gasteiger partial charge is 0.331 e. The van der Waals surface area contributed by atoms with Crippen LogP contribution in [0.2, 0.25) is 0 Å². The van der Waals surface area contributed by atoms with Crippen LogP contribution >= 0.6 is 0 Å². The topological polar surface area (TPSA) is 66.8 Å². The summed E-state index contributed by atoms with van der Waals surface area (Å²) < 4.78 is 5.14. The highest BCUT2D eigenvalue weighted by Gasteiger charge is 2.46. The highest BCUT2D eigenvalue weighted by atomic mass is 16.5. The van der Waals surface area contributed by atoms with Crippen LogP contribution in [0.3, 0.4) is 0 Å². The predicted molar refractivity (Wildman–Crippen MR) is 90.0 cm³/mol. The Bertz CT molecular complexity index is 809. The number of hydrogen-bond acceptors (Lipinski definition) is 3. The fourth-order valence-electron chi connectivity index (χ4n) is 2.87. The van der Waals surface area contributed by atoms with Crippen LogP contribution < -0.4 is 9.64 Å². The minimum Gasteiger partial charge on any atom is -0.497 e.